The molecule has 3 aromatic rings. The Morgan fingerprint density at radius 1 is 1.04 bits per heavy atom. The van der Waals surface area contributed by atoms with Crippen molar-refractivity contribution in [2.45, 2.75) is 6.61 Å². The van der Waals surface area contributed by atoms with E-state index in [0.717, 1.165) is 17.1 Å². The maximum absolute atomic E-state index is 8.88. The van der Waals surface area contributed by atoms with Crippen molar-refractivity contribution in [2.24, 2.45) is 0 Å². The predicted molar refractivity (Wildman–Crippen MR) is 87.2 cm³/mol. The molecule has 23 heavy (non-hydrogen) atoms. The quantitative estimate of drug-likeness (QED) is 0.778. The third-order valence-electron chi connectivity index (χ3n) is 3.08. The lowest BCUT2D eigenvalue weighted by atomic mass is 10.3. The van der Waals surface area contributed by atoms with Crippen molar-refractivity contribution in [3.05, 3.63) is 78.2 Å². The third-order valence-corrected chi connectivity index (χ3v) is 3.08. The summed E-state index contributed by atoms with van der Waals surface area (Å²) >= 11 is 0. The van der Waals surface area contributed by atoms with E-state index in [0.29, 0.717) is 18.1 Å². The van der Waals surface area contributed by atoms with Gasteiger partial charge in [0.1, 0.15) is 29.9 Å². The summed E-state index contributed by atoms with van der Waals surface area (Å²) in [5, 5.41) is 12.0. The van der Waals surface area contributed by atoms with Gasteiger partial charge in [-0.1, -0.05) is 18.2 Å². The average molecular weight is 302 g/mol. The topological polar surface area (TPSA) is 70.8 Å². The van der Waals surface area contributed by atoms with E-state index in [1.165, 1.54) is 0 Å². The smallest absolute Gasteiger partial charge is 0.142 e. The molecule has 0 unspecified atom stereocenters. The molecule has 1 N–H and O–H groups in total. The second-order valence-electron chi connectivity index (χ2n) is 4.78. The number of nitriles is 1. The van der Waals surface area contributed by atoms with Gasteiger partial charge in [-0.05, 0) is 36.4 Å². The molecule has 0 bridgehead atoms. The molecule has 2 aromatic heterocycles. The van der Waals surface area contributed by atoms with E-state index in [2.05, 4.69) is 15.3 Å². The molecule has 0 fully saturated rings. The van der Waals surface area contributed by atoms with Crippen LogP contribution in [-0.4, -0.2) is 9.97 Å². The standard InChI is InChI=1S/C18H14N4O/c19-12-15-7-4-9-18(22-15)21-14-6-3-8-17(11-14)23-13-16-5-1-2-10-20-16/h1-11H,13H2,(H,21,22). The molecule has 3 rings (SSSR count). The number of nitrogens with one attached hydrogen (secondary N) is 1. The summed E-state index contributed by atoms with van der Waals surface area (Å²) in [4.78, 5) is 8.41. The summed E-state index contributed by atoms with van der Waals surface area (Å²) in [7, 11) is 0. The van der Waals surface area contributed by atoms with Crippen LogP contribution in [0, 0.1) is 11.3 Å². The maximum Gasteiger partial charge on any atom is 0.142 e. The average Bonchev–Trinajstić information content (AvgIpc) is 2.61. The van der Waals surface area contributed by atoms with Crippen LogP contribution >= 0.6 is 0 Å². The fourth-order valence-corrected chi connectivity index (χ4v) is 2.02. The van der Waals surface area contributed by atoms with Crippen molar-refractivity contribution in [3.8, 4) is 11.8 Å². The molecule has 2 heterocycles. The van der Waals surface area contributed by atoms with Crippen molar-refractivity contribution >= 4 is 11.5 Å². The number of pyridine rings is 2. The van der Waals surface area contributed by atoms with Crippen LogP contribution in [0.3, 0.4) is 0 Å². The first kappa shape index (κ1) is 14.5. The number of hydrogen-bond acceptors (Lipinski definition) is 5. The number of nitrogens with zero attached hydrogens (tertiary/aromatic N) is 3. The lowest BCUT2D eigenvalue weighted by Gasteiger charge is -2.09. The molecule has 0 atom stereocenters. The molecular weight excluding hydrogens is 288 g/mol. The van der Waals surface area contributed by atoms with Crippen LogP contribution in [0.5, 0.6) is 5.75 Å². The highest BCUT2D eigenvalue weighted by Gasteiger charge is 2.01. The molecule has 1 aromatic carbocycles. The van der Waals surface area contributed by atoms with Gasteiger partial charge in [0.2, 0.25) is 0 Å². The van der Waals surface area contributed by atoms with Gasteiger partial charge in [-0.15, -0.1) is 0 Å². The van der Waals surface area contributed by atoms with Crippen LogP contribution < -0.4 is 10.1 Å². The molecule has 0 spiro atoms. The fraction of sp³-hybridized carbons (Fsp3) is 0.0556. The number of aromatic nitrogens is 2. The highest BCUT2D eigenvalue weighted by Crippen LogP contribution is 2.21. The first-order chi connectivity index (χ1) is 11.3. The van der Waals surface area contributed by atoms with Crippen molar-refractivity contribution in [3.63, 3.8) is 0 Å². The predicted octanol–water partition coefficient (Wildman–Crippen LogP) is 3.67. The second kappa shape index (κ2) is 7.05. The summed E-state index contributed by atoms with van der Waals surface area (Å²) in [6.07, 6.45) is 1.74. The lowest BCUT2D eigenvalue weighted by Crippen LogP contribution is -1.99. The van der Waals surface area contributed by atoms with Gasteiger partial charge in [0.15, 0.2) is 0 Å². The normalized spacial score (nSPS) is 9.87. The first-order valence-corrected chi connectivity index (χ1v) is 7.10. The minimum atomic E-state index is 0.373. The Hall–Kier alpha value is -3.39. The Bertz CT molecular complexity index is 828. The first-order valence-electron chi connectivity index (χ1n) is 7.10. The van der Waals surface area contributed by atoms with Crippen LogP contribution in [0.15, 0.2) is 66.9 Å². The maximum atomic E-state index is 8.88. The summed E-state index contributed by atoms with van der Waals surface area (Å²) in [5.41, 5.74) is 2.08. The molecule has 5 nitrogen and oxygen atoms in total. The number of benzene rings is 1. The molecule has 0 saturated heterocycles. The summed E-state index contributed by atoms with van der Waals surface area (Å²) in [6.45, 7) is 0.409. The fourth-order valence-electron chi connectivity index (χ4n) is 2.02. The zero-order valence-corrected chi connectivity index (χ0v) is 12.3. The van der Waals surface area contributed by atoms with Crippen molar-refractivity contribution < 1.29 is 4.74 Å². The van der Waals surface area contributed by atoms with E-state index in [1.807, 2.05) is 54.6 Å². The molecule has 0 saturated carbocycles. The Balaban J connectivity index is 1.68. The molecule has 112 valence electrons. The van der Waals surface area contributed by atoms with Crippen LogP contribution in [-0.2, 0) is 6.61 Å². The van der Waals surface area contributed by atoms with E-state index in [4.69, 9.17) is 10.00 Å². The second-order valence-corrected chi connectivity index (χ2v) is 4.78. The molecule has 0 aliphatic heterocycles. The lowest BCUT2D eigenvalue weighted by molar-refractivity contribution is 0.301. The molecule has 0 aliphatic rings. The van der Waals surface area contributed by atoms with Crippen molar-refractivity contribution in [1.29, 1.82) is 5.26 Å². The number of hydrogen-bond donors (Lipinski definition) is 1. The number of ether oxygens (including phenoxy) is 1. The summed E-state index contributed by atoms with van der Waals surface area (Å²) < 4.78 is 5.74. The van der Waals surface area contributed by atoms with Crippen molar-refractivity contribution in [1.82, 2.24) is 9.97 Å². The van der Waals surface area contributed by atoms with Crippen LogP contribution in [0.4, 0.5) is 11.5 Å². The SMILES string of the molecule is N#Cc1cccc(Nc2cccc(OCc3ccccn3)c2)n1. The monoisotopic (exact) mass is 302 g/mol. The van der Waals surface area contributed by atoms with Crippen molar-refractivity contribution in [2.75, 3.05) is 5.32 Å². The number of rotatable bonds is 5. The van der Waals surface area contributed by atoms with E-state index >= 15 is 0 Å². The zero-order valence-electron chi connectivity index (χ0n) is 12.3. The zero-order chi connectivity index (χ0) is 15.9. The molecule has 0 radical (unpaired) electrons. The third kappa shape index (κ3) is 4.05. The van der Waals surface area contributed by atoms with E-state index in [9.17, 15) is 0 Å². The molecule has 0 amide bonds. The highest BCUT2D eigenvalue weighted by atomic mass is 16.5. The van der Waals surface area contributed by atoms with Crippen LogP contribution in [0.2, 0.25) is 0 Å². The van der Waals surface area contributed by atoms with E-state index in [-0.39, 0.29) is 0 Å². The number of anilines is 2. The minimum Gasteiger partial charge on any atom is -0.487 e. The Morgan fingerprint density at radius 3 is 2.78 bits per heavy atom. The highest BCUT2D eigenvalue weighted by molar-refractivity contribution is 5.58. The van der Waals surface area contributed by atoms with E-state index in [1.54, 1.807) is 18.3 Å². The molecular formula is C18H14N4O. The van der Waals surface area contributed by atoms with Gasteiger partial charge in [0, 0.05) is 18.0 Å². The van der Waals surface area contributed by atoms with Gasteiger partial charge >= 0.3 is 0 Å². The van der Waals surface area contributed by atoms with Gasteiger partial charge in [-0.25, -0.2) is 4.98 Å². The summed E-state index contributed by atoms with van der Waals surface area (Å²) in [6, 6.07) is 20.6. The minimum absolute atomic E-state index is 0.373. The molecule has 0 aliphatic carbocycles. The van der Waals surface area contributed by atoms with Gasteiger partial charge in [0.05, 0.1) is 5.69 Å². The Morgan fingerprint density at radius 2 is 1.96 bits per heavy atom. The Labute approximate surface area is 134 Å². The van der Waals surface area contributed by atoms with E-state index < -0.39 is 0 Å². The summed E-state index contributed by atoms with van der Waals surface area (Å²) in [5.74, 6) is 1.35. The van der Waals surface area contributed by atoms with Crippen LogP contribution in [0.1, 0.15) is 11.4 Å². The van der Waals surface area contributed by atoms with Gasteiger partial charge < -0.3 is 10.1 Å². The van der Waals surface area contributed by atoms with Gasteiger partial charge in [-0.2, -0.15) is 5.26 Å². The van der Waals surface area contributed by atoms with Gasteiger partial charge in [0.25, 0.3) is 0 Å². The largest absolute Gasteiger partial charge is 0.487 e. The van der Waals surface area contributed by atoms with Gasteiger partial charge in [-0.3, -0.25) is 4.98 Å². The molecule has 5 heteroatoms. The van der Waals surface area contributed by atoms with Crippen LogP contribution in [0.25, 0.3) is 0 Å². The Kier molecular flexibility index (Phi) is 4.46.